The molecule has 0 heterocycles. The minimum Gasteiger partial charge on any atom is -0.507 e. The van der Waals surface area contributed by atoms with Crippen LogP contribution in [0.25, 0.3) is 16.8 Å². The molecule has 0 amide bonds. The van der Waals surface area contributed by atoms with Gasteiger partial charge in [-0.1, -0.05) is 30.3 Å². The maximum Gasteiger partial charge on any atom is 0.190 e. The third-order valence-electron chi connectivity index (χ3n) is 4.31. The highest BCUT2D eigenvalue weighted by Crippen LogP contribution is 2.35. The number of ketones is 1. The minimum absolute atomic E-state index is 0.0583. The fourth-order valence-corrected chi connectivity index (χ4v) is 2.96. The summed E-state index contributed by atoms with van der Waals surface area (Å²) >= 11 is 0. The molecule has 3 rings (SSSR count). The van der Waals surface area contributed by atoms with Gasteiger partial charge in [0.1, 0.15) is 23.0 Å². The summed E-state index contributed by atoms with van der Waals surface area (Å²) in [6, 6.07) is 14.1. The number of carbonyl (C=O) groups is 1. The second kappa shape index (κ2) is 7.83. The number of phenolic OH excluding ortho intramolecular Hbond substituents is 1. The lowest BCUT2D eigenvalue weighted by atomic mass is 9.99. The van der Waals surface area contributed by atoms with Gasteiger partial charge in [-0.3, -0.25) is 4.79 Å². The molecular weight excluding hydrogens is 344 g/mol. The molecule has 0 fully saturated rings. The fourth-order valence-electron chi connectivity index (χ4n) is 2.96. The van der Waals surface area contributed by atoms with Crippen LogP contribution in [0.3, 0.4) is 0 Å². The number of phenols is 1. The lowest BCUT2D eigenvalue weighted by molar-refractivity contribution is 0.104. The summed E-state index contributed by atoms with van der Waals surface area (Å²) < 4.78 is 16.0. The number of hydrogen-bond donors (Lipinski definition) is 1. The van der Waals surface area contributed by atoms with Gasteiger partial charge in [-0.05, 0) is 29.0 Å². The third-order valence-corrected chi connectivity index (χ3v) is 4.31. The summed E-state index contributed by atoms with van der Waals surface area (Å²) in [4.78, 5) is 12.8. The van der Waals surface area contributed by atoms with Crippen LogP contribution in [0.5, 0.6) is 23.0 Å². The Balaban J connectivity index is 2.05. The molecule has 0 aliphatic carbocycles. The highest BCUT2D eigenvalue weighted by Gasteiger charge is 2.15. The second-order valence-corrected chi connectivity index (χ2v) is 5.82. The molecule has 1 N–H and O–H groups in total. The monoisotopic (exact) mass is 364 g/mol. The molecule has 0 aromatic heterocycles. The fraction of sp³-hybridized carbons (Fsp3) is 0.136. The van der Waals surface area contributed by atoms with E-state index in [1.165, 1.54) is 26.4 Å². The van der Waals surface area contributed by atoms with Gasteiger partial charge in [0.2, 0.25) is 0 Å². The number of fused-ring (bicyclic) bond motifs is 1. The third kappa shape index (κ3) is 3.58. The summed E-state index contributed by atoms with van der Waals surface area (Å²) in [5.74, 6) is 1.23. The van der Waals surface area contributed by atoms with Crippen molar-refractivity contribution in [2.24, 2.45) is 0 Å². The topological polar surface area (TPSA) is 65.0 Å². The van der Waals surface area contributed by atoms with Crippen LogP contribution in [0.4, 0.5) is 0 Å². The first-order valence-corrected chi connectivity index (χ1v) is 8.32. The number of aromatic hydroxyl groups is 1. The molecule has 0 bridgehead atoms. The molecule has 0 aliphatic heterocycles. The van der Waals surface area contributed by atoms with Crippen LogP contribution in [0.1, 0.15) is 15.9 Å². The van der Waals surface area contributed by atoms with Crippen LogP contribution in [-0.2, 0) is 0 Å². The molecule has 0 unspecified atom stereocenters. The lowest BCUT2D eigenvalue weighted by Gasteiger charge is -2.12. The van der Waals surface area contributed by atoms with Gasteiger partial charge >= 0.3 is 0 Å². The molecule has 0 aliphatic rings. The van der Waals surface area contributed by atoms with Crippen molar-refractivity contribution in [1.82, 2.24) is 0 Å². The summed E-state index contributed by atoms with van der Waals surface area (Å²) in [5, 5.41) is 11.8. The number of methoxy groups -OCH3 is 3. The number of rotatable bonds is 6. The van der Waals surface area contributed by atoms with E-state index in [9.17, 15) is 9.90 Å². The zero-order chi connectivity index (χ0) is 19.4. The normalized spacial score (nSPS) is 10.9. The first kappa shape index (κ1) is 18.3. The second-order valence-electron chi connectivity index (χ2n) is 5.82. The molecule has 138 valence electrons. The number of allylic oxidation sites excluding steroid dienone is 1. The number of benzene rings is 3. The summed E-state index contributed by atoms with van der Waals surface area (Å²) in [6.07, 6.45) is 3.01. The van der Waals surface area contributed by atoms with E-state index in [1.54, 1.807) is 31.4 Å². The van der Waals surface area contributed by atoms with Gasteiger partial charge in [-0.25, -0.2) is 0 Å². The molecule has 5 nitrogen and oxygen atoms in total. The molecule has 0 atom stereocenters. The van der Waals surface area contributed by atoms with E-state index < -0.39 is 0 Å². The van der Waals surface area contributed by atoms with Crippen molar-refractivity contribution in [2.75, 3.05) is 21.3 Å². The SMILES string of the molecule is COc1cc(OC)c(/C=C/C(=O)c2c(O)ccc3ccccc23)c(OC)c1. The van der Waals surface area contributed by atoms with Crippen molar-refractivity contribution in [3.63, 3.8) is 0 Å². The summed E-state index contributed by atoms with van der Waals surface area (Å²) in [5.41, 5.74) is 0.865. The van der Waals surface area contributed by atoms with Gasteiger partial charge in [-0.15, -0.1) is 0 Å². The van der Waals surface area contributed by atoms with Crippen molar-refractivity contribution in [1.29, 1.82) is 0 Å². The smallest absolute Gasteiger partial charge is 0.190 e. The van der Waals surface area contributed by atoms with Crippen LogP contribution >= 0.6 is 0 Å². The molecule has 27 heavy (non-hydrogen) atoms. The van der Waals surface area contributed by atoms with Crippen LogP contribution in [0, 0.1) is 0 Å². The molecule has 0 spiro atoms. The molecule has 0 saturated carbocycles. The molecule has 3 aromatic rings. The predicted molar refractivity (Wildman–Crippen MR) is 105 cm³/mol. The van der Waals surface area contributed by atoms with Crippen LogP contribution in [0.2, 0.25) is 0 Å². The van der Waals surface area contributed by atoms with Gasteiger partial charge in [0, 0.05) is 12.1 Å². The van der Waals surface area contributed by atoms with Crippen molar-refractivity contribution >= 4 is 22.6 Å². The standard InChI is InChI=1S/C22H20O5/c1-25-15-12-20(26-2)17(21(13-15)27-3)9-11-19(24)22-16-7-5-4-6-14(16)8-10-18(22)23/h4-13,23H,1-3H3/b11-9+. The number of hydrogen-bond acceptors (Lipinski definition) is 5. The van der Waals surface area contributed by atoms with E-state index in [0.717, 1.165) is 5.39 Å². The first-order chi connectivity index (χ1) is 13.1. The quantitative estimate of drug-likeness (QED) is 0.516. The maximum atomic E-state index is 12.8. The molecule has 0 saturated heterocycles. The predicted octanol–water partition coefficient (Wildman–Crippen LogP) is 4.47. The first-order valence-electron chi connectivity index (χ1n) is 8.32. The lowest BCUT2D eigenvalue weighted by Crippen LogP contribution is -1.98. The Morgan fingerprint density at radius 3 is 2.22 bits per heavy atom. The maximum absolute atomic E-state index is 12.8. The Kier molecular flexibility index (Phi) is 5.31. The van der Waals surface area contributed by atoms with E-state index in [-0.39, 0.29) is 17.1 Å². The van der Waals surface area contributed by atoms with Gasteiger partial charge in [0.15, 0.2) is 5.78 Å². The zero-order valence-electron chi connectivity index (χ0n) is 15.4. The average molecular weight is 364 g/mol. The highest BCUT2D eigenvalue weighted by molar-refractivity contribution is 6.16. The van der Waals surface area contributed by atoms with E-state index >= 15 is 0 Å². The average Bonchev–Trinajstić information content (AvgIpc) is 2.71. The van der Waals surface area contributed by atoms with E-state index in [0.29, 0.717) is 28.2 Å². The van der Waals surface area contributed by atoms with Crippen LogP contribution in [0.15, 0.2) is 54.6 Å². The minimum atomic E-state index is -0.316. The van der Waals surface area contributed by atoms with E-state index in [1.807, 2.05) is 24.3 Å². The molecule has 5 heteroatoms. The summed E-state index contributed by atoms with van der Waals surface area (Å²) in [7, 11) is 4.62. The number of carbonyl (C=O) groups excluding carboxylic acids is 1. The number of ether oxygens (including phenoxy) is 3. The molecule has 0 radical (unpaired) electrons. The van der Waals surface area contributed by atoms with Crippen molar-refractivity contribution < 1.29 is 24.1 Å². The van der Waals surface area contributed by atoms with E-state index in [2.05, 4.69) is 0 Å². The van der Waals surface area contributed by atoms with Gasteiger partial charge in [0.25, 0.3) is 0 Å². The van der Waals surface area contributed by atoms with Gasteiger partial charge < -0.3 is 19.3 Å². The largest absolute Gasteiger partial charge is 0.507 e. The van der Waals surface area contributed by atoms with Crippen molar-refractivity contribution in [3.8, 4) is 23.0 Å². The molecule has 3 aromatic carbocycles. The Morgan fingerprint density at radius 2 is 1.59 bits per heavy atom. The van der Waals surface area contributed by atoms with Crippen molar-refractivity contribution in [2.45, 2.75) is 0 Å². The Hall–Kier alpha value is -3.47. The van der Waals surface area contributed by atoms with Crippen LogP contribution in [-0.4, -0.2) is 32.2 Å². The van der Waals surface area contributed by atoms with Gasteiger partial charge in [-0.2, -0.15) is 0 Å². The summed E-state index contributed by atoms with van der Waals surface area (Å²) in [6.45, 7) is 0. The van der Waals surface area contributed by atoms with Crippen LogP contribution < -0.4 is 14.2 Å². The zero-order valence-corrected chi connectivity index (χ0v) is 15.4. The van der Waals surface area contributed by atoms with E-state index in [4.69, 9.17) is 14.2 Å². The highest BCUT2D eigenvalue weighted by atomic mass is 16.5. The molecular formula is C22H20O5. The van der Waals surface area contributed by atoms with Gasteiger partial charge in [0.05, 0.1) is 32.5 Å². The Bertz CT molecular complexity index is 995. The Morgan fingerprint density at radius 1 is 0.926 bits per heavy atom. The Labute approximate surface area is 157 Å². The van der Waals surface area contributed by atoms with Crippen molar-refractivity contribution in [3.05, 3.63) is 65.7 Å².